The van der Waals surface area contributed by atoms with Crippen LogP contribution in [0.5, 0.6) is 0 Å². The molecule has 0 spiro atoms. The maximum atomic E-state index is 6.62. The summed E-state index contributed by atoms with van der Waals surface area (Å²) in [5.74, 6) is 0. The zero-order valence-electron chi connectivity index (χ0n) is 12.7. The second-order valence-electron chi connectivity index (χ2n) is 5.81. The van der Waals surface area contributed by atoms with E-state index < -0.39 is 0 Å². The van der Waals surface area contributed by atoms with Crippen LogP contribution in [0.1, 0.15) is 11.1 Å². The Kier molecular flexibility index (Phi) is 3.27. The van der Waals surface area contributed by atoms with Crippen LogP contribution < -0.4 is 5.73 Å². The van der Waals surface area contributed by atoms with Crippen molar-refractivity contribution in [2.45, 2.75) is 13.8 Å². The molecule has 0 saturated heterocycles. The van der Waals surface area contributed by atoms with Gasteiger partial charge in [-0.05, 0) is 0 Å². The van der Waals surface area contributed by atoms with E-state index >= 15 is 0 Å². The molecule has 0 fully saturated rings. The van der Waals surface area contributed by atoms with Gasteiger partial charge in [-0.3, -0.25) is 0 Å². The summed E-state index contributed by atoms with van der Waals surface area (Å²) in [7, 11) is 0. The predicted molar refractivity (Wildman–Crippen MR) is 106 cm³/mol. The summed E-state index contributed by atoms with van der Waals surface area (Å²) in [5.41, 5.74) is 12.7. The molecule has 3 aromatic heterocycles. The second-order valence-corrected chi connectivity index (χ2v) is 9.06. The predicted octanol–water partition coefficient (Wildman–Crippen LogP) is 4.45. The van der Waals surface area contributed by atoms with Gasteiger partial charge in [0.15, 0.2) is 0 Å². The van der Waals surface area contributed by atoms with Crippen molar-refractivity contribution in [3.8, 4) is 0 Å². The molecule has 5 rings (SSSR count). The molecule has 2 aromatic carbocycles. The van der Waals surface area contributed by atoms with E-state index in [2.05, 4.69) is 44.4 Å². The average Bonchev–Trinajstić information content (AvgIpc) is 3.27. The van der Waals surface area contributed by atoms with Crippen LogP contribution in [0, 0.1) is 13.8 Å². The molecule has 0 atom stereocenters. The summed E-state index contributed by atoms with van der Waals surface area (Å²) in [6.07, 6.45) is 0. The normalized spacial score (nSPS) is 12.1. The summed E-state index contributed by atoms with van der Waals surface area (Å²) in [4.78, 5) is 0. The first-order valence-electron chi connectivity index (χ1n) is 7.21. The summed E-state index contributed by atoms with van der Waals surface area (Å²) in [6, 6.07) is 0. The van der Waals surface area contributed by atoms with Crippen molar-refractivity contribution in [3.63, 3.8) is 0 Å². The van der Waals surface area contributed by atoms with Gasteiger partial charge in [-0.15, -0.1) is 0 Å². The van der Waals surface area contributed by atoms with E-state index in [4.69, 9.17) is 13.7 Å². The Hall–Kier alpha value is -1.14. The molecule has 118 valence electrons. The molecule has 8 heteroatoms. The van der Waals surface area contributed by atoms with Crippen molar-refractivity contribution in [1.29, 1.82) is 0 Å². The number of fused-ring (bicyclic) bond motifs is 8. The fourth-order valence-corrected chi connectivity index (χ4v) is 7.21. The maximum absolute atomic E-state index is 6.62. The summed E-state index contributed by atoms with van der Waals surface area (Å²) in [6.45, 7) is 4.24. The topological polar surface area (TPSA) is 64.2 Å². The molecule has 0 amide bonds. The van der Waals surface area contributed by atoms with Crippen LogP contribution in [-0.4, -0.2) is 38.7 Å². The average molecular weight is 480 g/mol. The van der Waals surface area contributed by atoms with Crippen molar-refractivity contribution in [1.82, 2.24) is 7.96 Å². The number of thiophene rings is 2. The van der Waals surface area contributed by atoms with Crippen LogP contribution >= 0.6 is 22.7 Å². The molecule has 24 heavy (non-hydrogen) atoms. The SMILES string of the molecule is Cc1csc2c1c(N=[Se])c(N)c1c3scc(C)c3c3n[se]nc3c21. The van der Waals surface area contributed by atoms with Crippen LogP contribution in [0.15, 0.2) is 14.7 Å². The molecule has 0 saturated carbocycles. The van der Waals surface area contributed by atoms with E-state index in [1.54, 1.807) is 22.7 Å². The Morgan fingerprint density at radius 1 is 0.958 bits per heavy atom. The van der Waals surface area contributed by atoms with Crippen LogP contribution in [0.3, 0.4) is 0 Å². The van der Waals surface area contributed by atoms with Crippen LogP contribution in [-0.2, 0) is 0 Å². The Bertz CT molecular complexity index is 1310. The van der Waals surface area contributed by atoms with E-state index in [-0.39, 0.29) is 15.0 Å². The summed E-state index contributed by atoms with van der Waals surface area (Å²) >= 11 is 6.20. The van der Waals surface area contributed by atoms with Gasteiger partial charge in [0.1, 0.15) is 0 Å². The van der Waals surface area contributed by atoms with Gasteiger partial charge in [0.2, 0.25) is 0 Å². The van der Waals surface area contributed by atoms with Crippen LogP contribution in [0.25, 0.3) is 42.0 Å². The second kappa shape index (κ2) is 5.18. The number of anilines is 1. The van der Waals surface area contributed by atoms with E-state index in [0.717, 1.165) is 38.6 Å². The van der Waals surface area contributed by atoms with Crippen LogP contribution in [0.4, 0.5) is 11.4 Å². The van der Waals surface area contributed by atoms with Gasteiger partial charge >= 0.3 is 160 Å². The summed E-state index contributed by atoms with van der Waals surface area (Å²) < 4.78 is 16.3. The van der Waals surface area contributed by atoms with Gasteiger partial charge in [0.25, 0.3) is 0 Å². The van der Waals surface area contributed by atoms with Crippen molar-refractivity contribution in [2.75, 3.05) is 5.73 Å². The van der Waals surface area contributed by atoms with Crippen molar-refractivity contribution in [2.24, 2.45) is 3.96 Å². The number of nitrogen functional groups attached to an aromatic ring is 1. The molecule has 5 aromatic rings. The van der Waals surface area contributed by atoms with Crippen LogP contribution in [0.2, 0.25) is 0 Å². The molecule has 0 radical (unpaired) electrons. The van der Waals surface area contributed by atoms with Crippen molar-refractivity contribution in [3.05, 3.63) is 21.9 Å². The Labute approximate surface area is 159 Å². The first kappa shape index (κ1) is 15.1. The van der Waals surface area contributed by atoms with Gasteiger partial charge in [-0.1, -0.05) is 0 Å². The van der Waals surface area contributed by atoms with Gasteiger partial charge in [-0.2, -0.15) is 0 Å². The minimum absolute atomic E-state index is 0.0765. The zero-order chi connectivity index (χ0) is 16.6. The van der Waals surface area contributed by atoms with Gasteiger partial charge in [0, 0.05) is 0 Å². The van der Waals surface area contributed by atoms with E-state index in [0.29, 0.717) is 0 Å². The Balaban J connectivity index is 2.28. The number of benzene rings is 2. The van der Waals surface area contributed by atoms with Gasteiger partial charge in [-0.25, -0.2) is 0 Å². The van der Waals surface area contributed by atoms with Crippen molar-refractivity contribution < 1.29 is 0 Å². The number of nitrogens with zero attached hydrogens (tertiary/aromatic N) is 3. The number of aromatic nitrogens is 2. The van der Waals surface area contributed by atoms with Gasteiger partial charge in [0.05, 0.1) is 0 Å². The molecule has 4 nitrogen and oxygen atoms in total. The standard InChI is InChI=1S/C16H10N4S2Se2/c1-5-3-22-16-7(5)12(18-23)11(17)9-10(16)14-13(19-24-20-14)8-6(2)4-21-15(8)9/h3-4H,17H2,1-2H3. The number of hydrogen-bond donors (Lipinski definition) is 1. The number of aryl methyl sites for hydroxylation is 2. The Morgan fingerprint density at radius 2 is 1.54 bits per heavy atom. The molecule has 0 aliphatic rings. The molecule has 0 unspecified atom stereocenters. The zero-order valence-corrected chi connectivity index (χ0v) is 17.8. The molecule has 2 N–H and O–H groups in total. The third kappa shape index (κ3) is 1.73. The molecule has 0 aliphatic heterocycles. The van der Waals surface area contributed by atoms with E-state index in [9.17, 15) is 0 Å². The number of rotatable bonds is 1. The molecule has 3 heterocycles. The number of nitrogens with two attached hydrogens (primary N) is 1. The molecular weight excluding hydrogens is 470 g/mol. The molecule has 0 bridgehead atoms. The first-order chi connectivity index (χ1) is 11.6. The van der Waals surface area contributed by atoms with E-state index in [1.165, 1.54) is 25.9 Å². The fourth-order valence-electron chi connectivity index (χ4n) is 3.42. The summed E-state index contributed by atoms with van der Waals surface area (Å²) in [5, 5.41) is 8.93. The van der Waals surface area contributed by atoms with Crippen molar-refractivity contribution >= 4 is 107 Å². The number of hydrogen-bond acceptors (Lipinski definition) is 6. The molecule has 0 aliphatic carbocycles. The van der Waals surface area contributed by atoms with E-state index in [1.807, 2.05) is 0 Å². The van der Waals surface area contributed by atoms with Gasteiger partial charge < -0.3 is 0 Å². The monoisotopic (exact) mass is 482 g/mol. The minimum atomic E-state index is -0.0765. The molecular formula is C16H10N4S2Se2. The Morgan fingerprint density at radius 3 is 2.21 bits per heavy atom. The third-order valence-electron chi connectivity index (χ3n) is 4.47. The third-order valence-corrected chi connectivity index (χ3v) is 8.19. The fraction of sp³-hybridized carbons (Fsp3) is 0.125. The first-order valence-corrected chi connectivity index (χ1v) is 11.3. The quantitative estimate of drug-likeness (QED) is 0.285.